The average Bonchev–Trinajstić information content (AvgIpc) is 2.54. The minimum absolute atomic E-state index is 0.0617. The Labute approximate surface area is 147 Å². The summed E-state index contributed by atoms with van der Waals surface area (Å²) in [5.74, 6) is 0. The van der Waals surface area contributed by atoms with Crippen molar-refractivity contribution in [1.82, 2.24) is 0 Å². The van der Waals surface area contributed by atoms with Crippen molar-refractivity contribution >= 4 is 18.4 Å². The highest BCUT2D eigenvalue weighted by Crippen LogP contribution is 2.39. The first-order chi connectivity index (χ1) is 11.3. The van der Waals surface area contributed by atoms with Crippen LogP contribution in [-0.4, -0.2) is 30.1 Å². The Hall–Kier alpha value is -1.42. The lowest BCUT2D eigenvalue weighted by molar-refractivity contribution is 0.153. The number of rotatable bonds is 6. The predicted octanol–water partition coefficient (Wildman–Crippen LogP) is 3.11. The number of aliphatic hydroxyl groups excluding tert-OH is 2. The van der Waals surface area contributed by atoms with Gasteiger partial charge in [-0.15, -0.1) is 0 Å². The molecule has 0 aliphatic carbocycles. The molecule has 0 bridgehead atoms. The number of aliphatic hydroxyl groups is 2. The topological polar surface area (TPSA) is 40.5 Å². The average molecular weight is 343 g/mol. The minimum atomic E-state index is -2.48. The van der Waals surface area contributed by atoms with E-state index in [1.165, 1.54) is 10.4 Å². The minimum Gasteiger partial charge on any atom is -0.396 e. The van der Waals surface area contributed by atoms with Gasteiger partial charge < -0.3 is 10.2 Å². The zero-order valence-corrected chi connectivity index (χ0v) is 16.2. The molecule has 2 N–H and O–H groups in total. The predicted molar refractivity (Wildman–Crippen MR) is 105 cm³/mol. The molecular weight excluding hydrogens is 312 g/mol. The second kappa shape index (κ2) is 7.64. The Morgan fingerprint density at radius 3 is 1.54 bits per heavy atom. The van der Waals surface area contributed by atoms with Crippen LogP contribution in [0.25, 0.3) is 0 Å². The van der Waals surface area contributed by atoms with E-state index in [4.69, 9.17) is 0 Å². The largest absolute Gasteiger partial charge is 0.396 e. The van der Waals surface area contributed by atoms with E-state index in [0.717, 1.165) is 0 Å². The maximum absolute atomic E-state index is 11.4. The first-order valence-electron chi connectivity index (χ1n) is 8.77. The Balaban J connectivity index is 2.66. The molecule has 2 aromatic rings. The van der Waals surface area contributed by atoms with E-state index in [9.17, 15) is 10.2 Å². The van der Waals surface area contributed by atoms with Crippen LogP contribution >= 0.6 is 0 Å². The SMILES string of the molecule is CC(O)CCC(O)[Si](c1ccccc1)(c1ccccc1)C(C)(C)C. The molecule has 0 aliphatic heterocycles. The van der Waals surface area contributed by atoms with Gasteiger partial charge in [0.25, 0.3) is 0 Å². The van der Waals surface area contributed by atoms with Crippen molar-refractivity contribution in [2.24, 2.45) is 0 Å². The van der Waals surface area contributed by atoms with Gasteiger partial charge in [-0.2, -0.15) is 0 Å². The van der Waals surface area contributed by atoms with Gasteiger partial charge >= 0.3 is 0 Å². The van der Waals surface area contributed by atoms with E-state index >= 15 is 0 Å². The molecule has 0 fully saturated rings. The Bertz CT molecular complexity index is 578. The molecule has 0 heterocycles. The van der Waals surface area contributed by atoms with Gasteiger partial charge in [0.15, 0.2) is 8.07 Å². The van der Waals surface area contributed by atoms with Gasteiger partial charge in [-0.1, -0.05) is 91.8 Å². The fourth-order valence-electron chi connectivity index (χ4n) is 3.93. The third-order valence-electron chi connectivity index (χ3n) is 5.00. The van der Waals surface area contributed by atoms with E-state index in [1.54, 1.807) is 6.92 Å². The van der Waals surface area contributed by atoms with Crippen molar-refractivity contribution in [3.63, 3.8) is 0 Å². The van der Waals surface area contributed by atoms with E-state index in [2.05, 4.69) is 69.3 Å². The van der Waals surface area contributed by atoms with Crippen molar-refractivity contribution in [3.8, 4) is 0 Å². The van der Waals surface area contributed by atoms with Gasteiger partial charge in [0, 0.05) is 0 Å². The fourth-order valence-corrected chi connectivity index (χ4v) is 9.81. The lowest BCUT2D eigenvalue weighted by Gasteiger charge is -2.47. The second-order valence-electron chi connectivity index (χ2n) is 7.73. The zero-order valence-electron chi connectivity index (χ0n) is 15.2. The van der Waals surface area contributed by atoms with Crippen LogP contribution in [0, 0.1) is 0 Å². The molecule has 0 radical (unpaired) electrons. The molecule has 2 nitrogen and oxygen atoms in total. The van der Waals surface area contributed by atoms with Gasteiger partial charge in [0.1, 0.15) is 0 Å². The molecule has 0 saturated carbocycles. The molecule has 2 rings (SSSR count). The molecular formula is C21H30O2Si. The third-order valence-corrected chi connectivity index (χ3v) is 11.1. The van der Waals surface area contributed by atoms with Gasteiger partial charge in [-0.3, -0.25) is 0 Å². The molecule has 2 atom stereocenters. The van der Waals surface area contributed by atoms with E-state index in [1.807, 2.05) is 12.1 Å². The van der Waals surface area contributed by atoms with Gasteiger partial charge in [0.2, 0.25) is 0 Å². The fraction of sp³-hybridized carbons (Fsp3) is 0.429. The zero-order chi connectivity index (χ0) is 17.8. The third kappa shape index (κ3) is 3.64. The molecule has 0 spiro atoms. The molecule has 0 amide bonds. The molecule has 130 valence electrons. The van der Waals surface area contributed by atoms with Crippen molar-refractivity contribution in [2.45, 2.75) is 57.4 Å². The summed E-state index contributed by atoms with van der Waals surface area (Å²) in [6.45, 7) is 8.51. The maximum Gasteiger partial charge on any atom is 0.153 e. The van der Waals surface area contributed by atoms with Gasteiger partial charge in [0.05, 0.1) is 11.8 Å². The van der Waals surface area contributed by atoms with E-state index in [0.29, 0.717) is 12.8 Å². The monoisotopic (exact) mass is 342 g/mol. The van der Waals surface area contributed by atoms with Crippen LogP contribution in [0.3, 0.4) is 0 Å². The summed E-state index contributed by atoms with van der Waals surface area (Å²) in [7, 11) is -2.48. The molecule has 2 aromatic carbocycles. The standard InChI is InChI=1S/C21H30O2Si/c1-17(22)15-16-20(23)24(21(2,3)4,18-11-7-5-8-12-18)19-13-9-6-10-14-19/h5-14,17,20,22-23H,15-16H2,1-4H3. The molecule has 0 aromatic heterocycles. The molecule has 3 heteroatoms. The lowest BCUT2D eigenvalue weighted by Crippen LogP contribution is -2.71. The summed E-state index contributed by atoms with van der Waals surface area (Å²) in [6, 6.07) is 21.0. The summed E-state index contributed by atoms with van der Waals surface area (Å²) in [6.07, 6.45) is 0.842. The molecule has 0 saturated heterocycles. The van der Waals surface area contributed by atoms with Crippen LogP contribution in [0.4, 0.5) is 0 Å². The van der Waals surface area contributed by atoms with Crippen molar-refractivity contribution in [2.75, 3.05) is 0 Å². The van der Waals surface area contributed by atoms with Crippen molar-refractivity contribution < 1.29 is 10.2 Å². The smallest absolute Gasteiger partial charge is 0.153 e. The van der Waals surface area contributed by atoms with Gasteiger partial charge in [-0.25, -0.2) is 0 Å². The van der Waals surface area contributed by atoms with Crippen LogP contribution in [0.5, 0.6) is 0 Å². The van der Waals surface area contributed by atoms with E-state index in [-0.39, 0.29) is 5.04 Å². The first-order valence-corrected chi connectivity index (χ1v) is 10.8. The van der Waals surface area contributed by atoms with Crippen LogP contribution in [0.15, 0.2) is 60.7 Å². The number of hydrogen-bond acceptors (Lipinski definition) is 2. The highest BCUT2D eigenvalue weighted by molar-refractivity contribution is 7.05. The quantitative estimate of drug-likeness (QED) is 0.792. The summed E-state index contributed by atoms with van der Waals surface area (Å²) >= 11 is 0. The van der Waals surface area contributed by atoms with Crippen LogP contribution < -0.4 is 10.4 Å². The molecule has 2 unspecified atom stereocenters. The van der Waals surface area contributed by atoms with Crippen molar-refractivity contribution in [3.05, 3.63) is 60.7 Å². The van der Waals surface area contributed by atoms with Crippen LogP contribution in [-0.2, 0) is 0 Å². The summed E-state index contributed by atoms with van der Waals surface area (Å²) in [5.41, 5.74) is -0.447. The molecule has 24 heavy (non-hydrogen) atoms. The number of benzene rings is 2. The Morgan fingerprint density at radius 1 is 0.792 bits per heavy atom. The normalized spacial score (nSPS) is 15.1. The summed E-state index contributed by atoms with van der Waals surface area (Å²) < 4.78 is 0. The molecule has 0 aliphatic rings. The maximum atomic E-state index is 11.4. The van der Waals surface area contributed by atoms with E-state index < -0.39 is 19.9 Å². The van der Waals surface area contributed by atoms with Crippen LogP contribution in [0.1, 0.15) is 40.5 Å². The highest BCUT2D eigenvalue weighted by atomic mass is 28.3. The number of hydrogen-bond donors (Lipinski definition) is 2. The first kappa shape index (κ1) is 18.9. The van der Waals surface area contributed by atoms with Crippen molar-refractivity contribution in [1.29, 1.82) is 0 Å². The second-order valence-corrected chi connectivity index (χ2v) is 12.7. The van der Waals surface area contributed by atoms with Gasteiger partial charge in [-0.05, 0) is 24.8 Å². The lowest BCUT2D eigenvalue weighted by atomic mass is 10.2. The summed E-state index contributed by atoms with van der Waals surface area (Å²) in [5, 5.41) is 23.6. The highest BCUT2D eigenvalue weighted by Gasteiger charge is 2.52. The van der Waals surface area contributed by atoms with Crippen LogP contribution in [0.2, 0.25) is 5.04 Å². The Kier molecular flexibility index (Phi) is 6.02. The summed E-state index contributed by atoms with van der Waals surface area (Å²) in [4.78, 5) is 0. The Morgan fingerprint density at radius 2 is 1.21 bits per heavy atom.